The molecule has 0 bridgehead atoms. The highest BCUT2D eigenvalue weighted by atomic mass is 79.9. The van der Waals surface area contributed by atoms with E-state index in [1.54, 1.807) is 0 Å². The van der Waals surface area contributed by atoms with Gasteiger partial charge in [-0.25, -0.2) is 4.98 Å². The predicted molar refractivity (Wildman–Crippen MR) is 49.5 cm³/mol. The molecular formula is C7H6BrNOS. The standard InChI is InChI=1S/C7H6BrNOS/c1-5(2-3-10)7-9-6(8)4-11-7/h2-4H,1H3/b5-2+. The molecule has 1 rings (SSSR count). The lowest BCUT2D eigenvalue weighted by molar-refractivity contribution is -0.104. The predicted octanol–water partition coefficient (Wildman–Crippen LogP) is 2.51. The van der Waals surface area contributed by atoms with Gasteiger partial charge in [0.1, 0.15) is 15.9 Å². The normalized spacial score (nSPS) is 11.6. The van der Waals surface area contributed by atoms with Gasteiger partial charge in [0.15, 0.2) is 0 Å². The topological polar surface area (TPSA) is 30.0 Å². The minimum Gasteiger partial charge on any atom is -0.299 e. The zero-order chi connectivity index (χ0) is 8.27. The molecule has 0 saturated carbocycles. The van der Waals surface area contributed by atoms with E-state index in [1.807, 2.05) is 12.3 Å². The first-order valence-electron chi connectivity index (χ1n) is 2.97. The maximum Gasteiger partial charge on any atom is 0.143 e. The van der Waals surface area contributed by atoms with E-state index in [0.717, 1.165) is 21.5 Å². The molecule has 0 N–H and O–H groups in total. The van der Waals surface area contributed by atoms with Crippen molar-refractivity contribution < 1.29 is 4.79 Å². The molecule has 1 aromatic rings. The van der Waals surface area contributed by atoms with Crippen LogP contribution in [-0.4, -0.2) is 11.3 Å². The van der Waals surface area contributed by atoms with E-state index in [2.05, 4.69) is 20.9 Å². The Labute approximate surface area is 77.1 Å². The second kappa shape index (κ2) is 3.78. The lowest BCUT2D eigenvalue weighted by atomic mass is 10.3. The van der Waals surface area contributed by atoms with Crippen molar-refractivity contribution in [3.63, 3.8) is 0 Å². The van der Waals surface area contributed by atoms with Crippen LogP contribution >= 0.6 is 27.3 Å². The molecule has 0 unspecified atom stereocenters. The van der Waals surface area contributed by atoms with E-state index in [0.29, 0.717) is 0 Å². The molecule has 2 nitrogen and oxygen atoms in total. The molecule has 0 aliphatic rings. The molecule has 0 radical (unpaired) electrons. The van der Waals surface area contributed by atoms with Crippen molar-refractivity contribution in [2.24, 2.45) is 0 Å². The van der Waals surface area contributed by atoms with Gasteiger partial charge in [-0.15, -0.1) is 11.3 Å². The summed E-state index contributed by atoms with van der Waals surface area (Å²) >= 11 is 4.75. The van der Waals surface area contributed by atoms with Crippen molar-refractivity contribution >= 4 is 39.1 Å². The number of allylic oxidation sites excluding steroid dienone is 2. The van der Waals surface area contributed by atoms with E-state index in [9.17, 15) is 4.79 Å². The molecule has 0 atom stereocenters. The average molecular weight is 232 g/mol. The van der Waals surface area contributed by atoms with Gasteiger partial charge in [-0.3, -0.25) is 4.79 Å². The van der Waals surface area contributed by atoms with E-state index in [-0.39, 0.29) is 0 Å². The molecule has 1 aromatic heterocycles. The van der Waals surface area contributed by atoms with Crippen molar-refractivity contribution in [2.75, 3.05) is 0 Å². The second-order valence-corrected chi connectivity index (χ2v) is 3.63. The van der Waals surface area contributed by atoms with Gasteiger partial charge in [-0.2, -0.15) is 0 Å². The number of carbonyl (C=O) groups is 1. The minimum atomic E-state index is 0.768. The summed E-state index contributed by atoms with van der Waals surface area (Å²) in [6.07, 6.45) is 2.27. The van der Waals surface area contributed by atoms with Crippen LogP contribution in [0.4, 0.5) is 0 Å². The summed E-state index contributed by atoms with van der Waals surface area (Å²) in [6.45, 7) is 1.86. The molecule has 0 aromatic carbocycles. The van der Waals surface area contributed by atoms with E-state index in [4.69, 9.17) is 0 Å². The molecule has 58 valence electrons. The van der Waals surface area contributed by atoms with Gasteiger partial charge in [0.05, 0.1) is 0 Å². The van der Waals surface area contributed by atoms with Gasteiger partial charge in [-0.05, 0) is 34.5 Å². The summed E-state index contributed by atoms with van der Waals surface area (Å²) in [4.78, 5) is 14.2. The SMILES string of the molecule is C/C(=C\C=O)c1nc(Br)cs1. The first-order valence-corrected chi connectivity index (χ1v) is 4.65. The van der Waals surface area contributed by atoms with Crippen LogP contribution in [0.25, 0.3) is 5.57 Å². The molecule has 4 heteroatoms. The number of aldehydes is 1. The number of rotatable bonds is 2. The lowest BCUT2D eigenvalue weighted by Gasteiger charge is -1.88. The van der Waals surface area contributed by atoms with Crippen LogP contribution in [0.3, 0.4) is 0 Å². The van der Waals surface area contributed by atoms with Gasteiger partial charge in [-0.1, -0.05) is 0 Å². The van der Waals surface area contributed by atoms with Crippen LogP contribution in [-0.2, 0) is 4.79 Å². The third kappa shape index (κ3) is 2.24. The smallest absolute Gasteiger partial charge is 0.143 e. The zero-order valence-corrected chi connectivity index (χ0v) is 8.28. The summed E-state index contributed by atoms with van der Waals surface area (Å²) < 4.78 is 0.816. The number of halogens is 1. The number of nitrogens with zero attached hydrogens (tertiary/aromatic N) is 1. The van der Waals surface area contributed by atoms with Crippen molar-refractivity contribution in [2.45, 2.75) is 6.92 Å². The Hall–Kier alpha value is -0.480. The van der Waals surface area contributed by atoms with Crippen LogP contribution in [0.2, 0.25) is 0 Å². The monoisotopic (exact) mass is 231 g/mol. The lowest BCUT2D eigenvalue weighted by Crippen LogP contribution is -1.76. The molecule has 0 saturated heterocycles. The fraction of sp³-hybridized carbons (Fsp3) is 0.143. The molecule has 0 amide bonds. The number of carbonyl (C=O) groups excluding carboxylic acids is 1. The third-order valence-electron chi connectivity index (χ3n) is 1.13. The summed E-state index contributed by atoms with van der Waals surface area (Å²) in [6, 6.07) is 0. The van der Waals surface area contributed by atoms with Gasteiger partial charge >= 0.3 is 0 Å². The maximum absolute atomic E-state index is 10.1. The van der Waals surface area contributed by atoms with Gasteiger partial charge in [0, 0.05) is 5.38 Å². The van der Waals surface area contributed by atoms with Crippen molar-refractivity contribution in [3.8, 4) is 0 Å². The molecule has 0 spiro atoms. The van der Waals surface area contributed by atoms with Crippen LogP contribution in [0, 0.1) is 0 Å². The van der Waals surface area contributed by atoms with Gasteiger partial charge < -0.3 is 0 Å². The van der Waals surface area contributed by atoms with Crippen molar-refractivity contribution in [1.82, 2.24) is 4.98 Å². The summed E-state index contributed by atoms with van der Waals surface area (Å²) in [5, 5.41) is 2.77. The molecule has 0 aliphatic heterocycles. The fourth-order valence-corrected chi connectivity index (χ4v) is 1.85. The highest BCUT2D eigenvalue weighted by Gasteiger charge is 1.99. The molecular weight excluding hydrogens is 226 g/mol. The Balaban J connectivity index is 2.93. The highest BCUT2D eigenvalue weighted by molar-refractivity contribution is 9.10. The third-order valence-corrected chi connectivity index (χ3v) is 2.82. The maximum atomic E-state index is 10.1. The molecule has 11 heavy (non-hydrogen) atoms. The fourth-order valence-electron chi connectivity index (χ4n) is 0.609. The molecule has 0 fully saturated rings. The summed E-state index contributed by atoms with van der Waals surface area (Å²) in [5.74, 6) is 0. The van der Waals surface area contributed by atoms with Crippen LogP contribution < -0.4 is 0 Å². The van der Waals surface area contributed by atoms with Gasteiger partial charge in [0.2, 0.25) is 0 Å². The Morgan fingerprint density at radius 2 is 2.55 bits per heavy atom. The Morgan fingerprint density at radius 1 is 1.82 bits per heavy atom. The minimum absolute atomic E-state index is 0.768. The van der Waals surface area contributed by atoms with E-state index >= 15 is 0 Å². The summed E-state index contributed by atoms with van der Waals surface area (Å²) in [7, 11) is 0. The highest BCUT2D eigenvalue weighted by Crippen LogP contribution is 2.21. The van der Waals surface area contributed by atoms with Crippen molar-refractivity contribution in [3.05, 3.63) is 21.1 Å². The molecule has 1 heterocycles. The quantitative estimate of drug-likeness (QED) is 0.579. The largest absolute Gasteiger partial charge is 0.299 e. The number of thiazole rings is 1. The first-order chi connectivity index (χ1) is 5.24. The number of hydrogen-bond donors (Lipinski definition) is 0. The number of hydrogen-bond acceptors (Lipinski definition) is 3. The Kier molecular flexibility index (Phi) is 2.96. The van der Waals surface area contributed by atoms with Crippen LogP contribution in [0.1, 0.15) is 11.9 Å². The van der Waals surface area contributed by atoms with E-state index < -0.39 is 0 Å². The molecule has 0 aliphatic carbocycles. The second-order valence-electron chi connectivity index (χ2n) is 1.96. The first kappa shape index (κ1) is 8.62. The average Bonchev–Trinajstić information content (AvgIpc) is 2.36. The number of aromatic nitrogens is 1. The van der Waals surface area contributed by atoms with E-state index in [1.165, 1.54) is 17.4 Å². The van der Waals surface area contributed by atoms with Gasteiger partial charge in [0.25, 0.3) is 0 Å². The zero-order valence-electron chi connectivity index (χ0n) is 5.87. The van der Waals surface area contributed by atoms with Crippen molar-refractivity contribution in [1.29, 1.82) is 0 Å². The van der Waals surface area contributed by atoms with Crippen LogP contribution in [0.15, 0.2) is 16.1 Å². The Morgan fingerprint density at radius 3 is 3.00 bits per heavy atom. The Bertz CT molecular complexity index is 292. The van der Waals surface area contributed by atoms with Crippen LogP contribution in [0.5, 0.6) is 0 Å². The summed E-state index contributed by atoms with van der Waals surface area (Å²) in [5.41, 5.74) is 0.899.